The van der Waals surface area contributed by atoms with Gasteiger partial charge >= 0.3 is 0 Å². The molecule has 0 saturated carbocycles. The Hall–Kier alpha value is -1.17. The molecule has 1 aromatic carbocycles. The standard InChI is InChI=1S/C13H16ClFN2O2/c14-11-6-10(15)2-1-9(11)5-12(18)17-8-13(19)3-4-16-7-13/h1-2,6,16,19H,3-5,7-8H2,(H,17,18)/t13-/m1/s1. The molecule has 1 atom stereocenters. The van der Waals surface area contributed by atoms with E-state index in [0.717, 1.165) is 6.54 Å². The van der Waals surface area contributed by atoms with Crippen LogP contribution in [0.3, 0.4) is 0 Å². The predicted octanol–water partition coefficient (Wildman–Crippen LogP) is 0.862. The van der Waals surface area contributed by atoms with Gasteiger partial charge < -0.3 is 15.7 Å². The monoisotopic (exact) mass is 286 g/mol. The Morgan fingerprint density at radius 2 is 2.37 bits per heavy atom. The molecule has 4 nitrogen and oxygen atoms in total. The van der Waals surface area contributed by atoms with Gasteiger partial charge in [0.05, 0.1) is 12.0 Å². The van der Waals surface area contributed by atoms with Gasteiger partial charge in [-0.2, -0.15) is 0 Å². The van der Waals surface area contributed by atoms with Crippen molar-refractivity contribution in [3.05, 3.63) is 34.6 Å². The molecule has 0 aromatic heterocycles. The van der Waals surface area contributed by atoms with Gasteiger partial charge in [0.2, 0.25) is 5.91 Å². The smallest absolute Gasteiger partial charge is 0.224 e. The maximum absolute atomic E-state index is 12.9. The van der Waals surface area contributed by atoms with Gasteiger partial charge in [-0.3, -0.25) is 4.79 Å². The van der Waals surface area contributed by atoms with Crippen LogP contribution in [0.5, 0.6) is 0 Å². The summed E-state index contributed by atoms with van der Waals surface area (Å²) in [6.07, 6.45) is 0.688. The SMILES string of the molecule is O=C(Cc1ccc(F)cc1Cl)NC[C@@]1(O)CCNC1. The number of carbonyl (C=O) groups is 1. The molecule has 1 aliphatic heterocycles. The summed E-state index contributed by atoms with van der Waals surface area (Å²) in [6.45, 7) is 1.43. The Morgan fingerprint density at radius 3 is 3.00 bits per heavy atom. The van der Waals surface area contributed by atoms with E-state index in [0.29, 0.717) is 18.5 Å². The zero-order valence-corrected chi connectivity index (χ0v) is 11.1. The van der Waals surface area contributed by atoms with Gasteiger partial charge in [0.15, 0.2) is 0 Å². The third kappa shape index (κ3) is 3.89. The molecule has 0 radical (unpaired) electrons. The summed E-state index contributed by atoms with van der Waals surface area (Å²) in [6, 6.07) is 3.94. The van der Waals surface area contributed by atoms with Crippen LogP contribution >= 0.6 is 11.6 Å². The highest BCUT2D eigenvalue weighted by molar-refractivity contribution is 6.31. The lowest BCUT2D eigenvalue weighted by atomic mass is 10.0. The molecule has 0 aliphatic carbocycles. The number of halogens is 2. The molecule has 1 aromatic rings. The molecule has 104 valence electrons. The van der Waals surface area contributed by atoms with E-state index in [9.17, 15) is 14.3 Å². The van der Waals surface area contributed by atoms with Crippen LogP contribution in [0.4, 0.5) is 4.39 Å². The van der Waals surface area contributed by atoms with Gasteiger partial charge in [0, 0.05) is 18.1 Å². The first-order valence-corrected chi connectivity index (χ1v) is 6.50. The molecule has 0 unspecified atom stereocenters. The molecule has 2 rings (SSSR count). The molecule has 3 N–H and O–H groups in total. The second-order valence-electron chi connectivity index (χ2n) is 4.84. The summed E-state index contributed by atoms with van der Waals surface area (Å²) in [5.41, 5.74) is -0.306. The third-order valence-corrected chi connectivity index (χ3v) is 3.55. The fourth-order valence-corrected chi connectivity index (χ4v) is 2.28. The van der Waals surface area contributed by atoms with E-state index in [1.165, 1.54) is 18.2 Å². The Bertz CT molecular complexity index is 476. The third-order valence-electron chi connectivity index (χ3n) is 3.20. The van der Waals surface area contributed by atoms with Gasteiger partial charge in [-0.15, -0.1) is 0 Å². The summed E-state index contributed by atoms with van der Waals surface area (Å²) in [5, 5.41) is 16.0. The predicted molar refractivity (Wildman–Crippen MR) is 70.6 cm³/mol. The van der Waals surface area contributed by atoms with Crippen LogP contribution < -0.4 is 10.6 Å². The Balaban J connectivity index is 1.87. The first kappa shape index (κ1) is 14.2. The number of carbonyl (C=O) groups excluding carboxylic acids is 1. The number of rotatable bonds is 4. The molecule has 1 aliphatic rings. The molecule has 19 heavy (non-hydrogen) atoms. The van der Waals surface area contributed by atoms with E-state index in [1.54, 1.807) is 0 Å². The second kappa shape index (κ2) is 5.86. The van der Waals surface area contributed by atoms with Crippen LogP contribution in [0.2, 0.25) is 5.02 Å². The lowest BCUT2D eigenvalue weighted by Gasteiger charge is -2.21. The summed E-state index contributed by atoms with van der Waals surface area (Å²) < 4.78 is 12.9. The zero-order valence-electron chi connectivity index (χ0n) is 10.4. The van der Waals surface area contributed by atoms with Crippen LogP contribution in [-0.4, -0.2) is 36.2 Å². The molecule has 1 amide bonds. The Morgan fingerprint density at radius 1 is 1.58 bits per heavy atom. The number of amides is 1. The van der Waals surface area contributed by atoms with E-state index in [4.69, 9.17) is 11.6 Å². The number of aliphatic hydroxyl groups is 1. The van der Waals surface area contributed by atoms with Crippen molar-refractivity contribution in [2.24, 2.45) is 0 Å². The maximum Gasteiger partial charge on any atom is 0.224 e. The molecule has 0 bridgehead atoms. The highest BCUT2D eigenvalue weighted by Gasteiger charge is 2.31. The largest absolute Gasteiger partial charge is 0.387 e. The number of hydrogen-bond donors (Lipinski definition) is 3. The maximum atomic E-state index is 12.9. The van der Waals surface area contributed by atoms with Gasteiger partial charge in [0.1, 0.15) is 5.82 Å². The summed E-state index contributed by atoms with van der Waals surface area (Å²) in [4.78, 5) is 11.8. The van der Waals surface area contributed by atoms with Crippen molar-refractivity contribution < 1.29 is 14.3 Å². The molecule has 1 fully saturated rings. The van der Waals surface area contributed by atoms with Crippen LogP contribution in [0.15, 0.2) is 18.2 Å². The van der Waals surface area contributed by atoms with E-state index >= 15 is 0 Å². The minimum atomic E-state index is -0.873. The number of benzene rings is 1. The van der Waals surface area contributed by atoms with Gasteiger partial charge in [0.25, 0.3) is 0 Å². The van der Waals surface area contributed by atoms with Crippen LogP contribution in [-0.2, 0) is 11.2 Å². The van der Waals surface area contributed by atoms with Crippen molar-refractivity contribution in [1.82, 2.24) is 10.6 Å². The molecular weight excluding hydrogens is 271 g/mol. The van der Waals surface area contributed by atoms with Gasteiger partial charge in [-0.25, -0.2) is 4.39 Å². The molecule has 0 spiro atoms. The molecular formula is C13H16ClFN2O2. The Labute approximate surface area is 116 Å². The minimum Gasteiger partial charge on any atom is -0.387 e. The lowest BCUT2D eigenvalue weighted by molar-refractivity contribution is -0.121. The topological polar surface area (TPSA) is 61.4 Å². The Kier molecular flexibility index (Phi) is 4.39. The van der Waals surface area contributed by atoms with Crippen molar-refractivity contribution in [1.29, 1.82) is 0 Å². The number of β-amino-alcohol motifs (C(OH)–C–C–N with tert-alkyl or cyclic N) is 1. The zero-order chi connectivity index (χ0) is 13.9. The van der Waals surface area contributed by atoms with Crippen LogP contribution in [0.25, 0.3) is 0 Å². The van der Waals surface area contributed by atoms with Gasteiger partial charge in [-0.1, -0.05) is 17.7 Å². The summed E-state index contributed by atoms with van der Waals surface area (Å²) in [7, 11) is 0. The van der Waals surface area contributed by atoms with Crippen molar-refractivity contribution >= 4 is 17.5 Å². The fraction of sp³-hybridized carbons (Fsp3) is 0.462. The highest BCUT2D eigenvalue weighted by Crippen LogP contribution is 2.18. The van der Waals surface area contributed by atoms with Gasteiger partial charge in [-0.05, 0) is 30.7 Å². The average Bonchev–Trinajstić information content (AvgIpc) is 2.78. The first-order chi connectivity index (χ1) is 8.98. The van der Waals surface area contributed by atoms with Crippen LogP contribution in [0, 0.1) is 5.82 Å². The van der Waals surface area contributed by atoms with E-state index in [2.05, 4.69) is 10.6 Å². The minimum absolute atomic E-state index is 0.0720. The lowest BCUT2D eigenvalue weighted by Crippen LogP contribution is -2.44. The quantitative estimate of drug-likeness (QED) is 0.769. The summed E-state index contributed by atoms with van der Waals surface area (Å²) >= 11 is 5.85. The van der Waals surface area contributed by atoms with Crippen molar-refractivity contribution in [3.8, 4) is 0 Å². The molecule has 1 saturated heterocycles. The molecule has 1 heterocycles. The molecule has 6 heteroatoms. The highest BCUT2D eigenvalue weighted by atomic mass is 35.5. The average molecular weight is 287 g/mol. The van der Waals surface area contributed by atoms with E-state index in [-0.39, 0.29) is 23.9 Å². The number of hydrogen-bond acceptors (Lipinski definition) is 3. The van der Waals surface area contributed by atoms with E-state index < -0.39 is 11.4 Å². The first-order valence-electron chi connectivity index (χ1n) is 6.12. The van der Waals surface area contributed by atoms with E-state index in [1.807, 2.05) is 0 Å². The van der Waals surface area contributed by atoms with Crippen molar-refractivity contribution in [3.63, 3.8) is 0 Å². The van der Waals surface area contributed by atoms with Crippen molar-refractivity contribution in [2.75, 3.05) is 19.6 Å². The van der Waals surface area contributed by atoms with Crippen molar-refractivity contribution in [2.45, 2.75) is 18.4 Å². The summed E-state index contributed by atoms with van der Waals surface area (Å²) in [5.74, 6) is -0.672. The van der Waals surface area contributed by atoms with Crippen LogP contribution in [0.1, 0.15) is 12.0 Å². The normalized spacial score (nSPS) is 22.5. The fourth-order valence-electron chi connectivity index (χ4n) is 2.05. The second-order valence-corrected chi connectivity index (χ2v) is 5.25. The number of nitrogens with one attached hydrogen (secondary N) is 2.